The van der Waals surface area contributed by atoms with Gasteiger partial charge in [0.1, 0.15) is 5.82 Å². The molecule has 0 spiro atoms. The molecule has 28 heavy (non-hydrogen) atoms. The molecule has 0 radical (unpaired) electrons. The molecular formula is C22H22FNO3S. The molecule has 6 heteroatoms. The van der Waals surface area contributed by atoms with Gasteiger partial charge in [-0.1, -0.05) is 48.5 Å². The Hall–Kier alpha value is -2.54. The monoisotopic (exact) mass is 399 g/mol. The van der Waals surface area contributed by atoms with Crippen molar-refractivity contribution >= 4 is 17.0 Å². The molecule has 2 unspecified atom stereocenters. The molecule has 3 rings (SSSR count). The Morgan fingerprint density at radius 3 is 2.29 bits per heavy atom. The first-order valence-electron chi connectivity index (χ1n) is 8.94. The third kappa shape index (κ3) is 5.73. The molecule has 0 saturated carbocycles. The fourth-order valence-electron chi connectivity index (χ4n) is 3.31. The third-order valence-corrected chi connectivity index (χ3v) is 5.02. The topological polar surface area (TPSA) is 69.6 Å². The summed E-state index contributed by atoms with van der Waals surface area (Å²) >= 11 is -2.12. The van der Waals surface area contributed by atoms with Gasteiger partial charge in [-0.2, -0.15) is 0 Å². The standard InChI is InChI=1S/C22H22FNO3S/c23-21-9-7-16(8-10-21)11-20(19-5-1-4-18(13-19)15-25)12-17-3-2-6-22(14-17)24-28(26)27/h1-10,13-14,20,24-25H,11-12,15H2,(H,26,27). The van der Waals surface area contributed by atoms with Gasteiger partial charge in [0, 0.05) is 5.69 Å². The Morgan fingerprint density at radius 2 is 1.57 bits per heavy atom. The van der Waals surface area contributed by atoms with Crippen LogP contribution in [0.3, 0.4) is 0 Å². The average molecular weight is 399 g/mol. The normalized spacial score (nSPS) is 13.1. The minimum atomic E-state index is -2.12. The average Bonchev–Trinajstić information content (AvgIpc) is 2.69. The maximum absolute atomic E-state index is 13.3. The highest BCUT2D eigenvalue weighted by Crippen LogP contribution is 2.27. The molecule has 0 saturated heterocycles. The van der Waals surface area contributed by atoms with Gasteiger partial charge in [-0.15, -0.1) is 0 Å². The smallest absolute Gasteiger partial charge is 0.259 e. The zero-order valence-corrected chi connectivity index (χ0v) is 16.0. The van der Waals surface area contributed by atoms with Gasteiger partial charge >= 0.3 is 0 Å². The van der Waals surface area contributed by atoms with Gasteiger partial charge in [0.2, 0.25) is 0 Å². The van der Waals surface area contributed by atoms with Crippen LogP contribution >= 0.6 is 0 Å². The molecule has 0 bridgehead atoms. The zero-order valence-electron chi connectivity index (χ0n) is 15.2. The summed E-state index contributed by atoms with van der Waals surface area (Å²) in [7, 11) is 0. The van der Waals surface area contributed by atoms with Crippen molar-refractivity contribution in [3.63, 3.8) is 0 Å². The Balaban J connectivity index is 1.89. The minimum absolute atomic E-state index is 0.0289. The molecule has 0 aliphatic heterocycles. The summed E-state index contributed by atoms with van der Waals surface area (Å²) in [4.78, 5) is 0. The molecule has 0 aromatic heterocycles. The van der Waals surface area contributed by atoms with Gasteiger partial charge in [-0.25, -0.2) is 8.60 Å². The van der Waals surface area contributed by atoms with Crippen molar-refractivity contribution in [1.82, 2.24) is 0 Å². The molecule has 146 valence electrons. The summed E-state index contributed by atoms with van der Waals surface area (Å²) in [5.74, 6) is -0.162. The second-order valence-electron chi connectivity index (χ2n) is 6.69. The summed E-state index contributed by atoms with van der Waals surface area (Å²) in [6.07, 6.45) is 1.40. The van der Waals surface area contributed by atoms with Crippen molar-refractivity contribution < 1.29 is 18.3 Å². The highest BCUT2D eigenvalue weighted by molar-refractivity contribution is 7.80. The van der Waals surface area contributed by atoms with Gasteiger partial charge < -0.3 is 5.11 Å². The summed E-state index contributed by atoms with van der Waals surface area (Å²) in [5.41, 5.74) is 4.53. The van der Waals surface area contributed by atoms with Crippen molar-refractivity contribution in [3.05, 3.63) is 101 Å². The minimum Gasteiger partial charge on any atom is -0.392 e. The maximum atomic E-state index is 13.3. The highest BCUT2D eigenvalue weighted by atomic mass is 32.2. The summed E-state index contributed by atoms with van der Waals surface area (Å²) in [5, 5.41) is 9.47. The van der Waals surface area contributed by atoms with E-state index in [9.17, 15) is 13.7 Å². The number of benzene rings is 3. The van der Waals surface area contributed by atoms with Crippen molar-refractivity contribution in [3.8, 4) is 0 Å². The van der Waals surface area contributed by atoms with Crippen LogP contribution in [0.25, 0.3) is 0 Å². The van der Waals surface area contributed by atoms with E-state index in [4.69, 9.17) is 4.55 Å². The Kier molecular flexibility index (Phi) is 6.92. The number of hydrogen-bond acceptors (Lipinski definition) is 2. The number of anilines is 1. The van der Waals surface area contributed by atoms with Gasteiger partial charge in [0.15, 0.2) is 0 Å². The van der Waals surface area contributed by atoms with E-state index in [1.54, 1.807) is 18.2 Å². The van der Waals surface area contributed by atoms with E-state index in [-0.39, 0.29) is 18.3 Å². The van der Waals surface area contributed by atoms with Gasteiger partial charge in [0.25, 0.3) is 11.3 Å². The molecule has 3 aromatic rings. The van der Waals surface area contributed by atoms with E-state index in [2.05, 4.69) is 4.72 Å². The lowest BCUT2D eigenvalue weighted by Crippen LogP contribution is -2.08. The predicted octanol–water partition coefficient (Wildman–Crippen LogP) is 4.44. The first-order chi connectivity index (χ1) is 13.5. The molecular weight excluding hydrogens is 377 g/mol. The summed E-state index contributed by atoms with van der Waals surface area (Å²) in [6, 6.07) is 21.7. The van der Waals surface area contributed by atoms with Crippen LogP contribution in [-0.2, 0) is 30.7 Å². The maximum Gasteiger partial charge on any atom is 0.259 e. The van der Waals surface area contributed by atoms with E-state index in [1.165, 1.54) is 12.1 Å². The number of nitrogens with one attached hydrogen (secondary N) is 1. The lowest BCUT2D eigenvalue weighted by atomic mass is 9.86. The Morgan fingerprint density at radius 1 is 0.893 bits per heavy atom. The molecule has 0 fully saturated rings. The number of halogens is 1. The summed E-state index contributed by atoms with van der Waals surface area (Å²) in [6.45, 7) is -0.0289. The van der Waals surface area contributed by atoms with E-state index in [0.29, 0.717) is 18.5 Å². The van der Waals surface area contributed by atoms with E-state index >= 15 is 0 Å². The van der Waals surface area contributed by atoms with Crippen molar-refractivity contribution in [1.29, 1.82) is 0 Å². The largest absolute Gasteiger partial charge is 0.392 e. The molecule has 2 atom stereocenters. The van der Waals surface area contributed by atoms with Crippen LogP contribution in [0, 0.1) is 5.82 Å². The van der Waals surface area contributed by atoms with E-state index in [0.717, 1.165) is 22.3 Å². The number of hydrogen-bond donors (Lipinski definition) is 3. The van der Waals surface area contributed by atoms with Gasteiger partial charge in [-0.05, 0) is 65.3 Å². The SMILES string of the molecule is O=S(O)Nc1cccc(CC(Cc2ccc(F)cc2)c2cccc(CO)c2)c1. The molecule has 0 aliphatic rings. The first-order valence-corrected chi connectivity index (χ1v) is 10.0. The van der Waals surface area contributed by atoms with Crippen LogP contribution in [0.5, 0.6) is 0 Å². The van der Waals surface area contributed by atoms with Crippen LogP contribution in [0.15, 0.2) is 72.8 Å². The van der Waals surface area contributed by atoms with E-state index < -0.39 is 11.3 Å². The fraction of sp³-hybridized carbons (Fsp3) is 0.182. The van der Waals surface area contributed by atoms with Crippen LogP contribution in [-0.4, -0.2) is 13.9 Å². The van der Waals surface area contributed by atoms with E-state index in [1.807, 2.05) is 42.5 Å². The predicted molar refractivity (Wildman–Crippen MR) is 110 cm³/mol. The third-order valence-electron chi connectivity index (χ3n) is 4.61. The fourth-order valence-corrected chi connectivity index (χ4v) is 3.63. The van der Waals surface area contributed by atoms with Crippen molar-refractivity contribution in [2.75, 3.05) is 4.72 Å². The van der Waals surface area contributed by atoms with Crippen molar-refractivity contribution in [2.24, 2.45) is 0 Å². The second-order valence-corrected chi connectivity index (χ2v) is 7.39. The molecule has 0 amide bonds. The van der Waals surface area contributed by atoms with Crippen LogP contribution in [0.1, 0.15) is 28.2 Å². The zero-order chi connectivity index (χ0) is 19.9. The Bertz CT molecular complexity index is 947. The number of rotatable bonds is 8. The molecule has 4 nitrogen and oxygen atoms in total. The molecule has 0 aliphatic carbocycles. The Labute approximate surface area is 166 Å². The lowest BCUT2D eigenvalue weighted by Gasteiger charge is -2.19. The van der Waals surface area contributed by atoms with Crippen LogP contribution in [0.4, 0.5) is 10.1 Å². The number of aliphatic hydroxyl groups excluding tert-OH is 1. The van der Waals surface area contributed by atoms with Crippen LogP contribution in [0.2, 0.25) is 0 Å². The quantitative estimate of drug-likeness (QED) is 0.491. The van der Waals surface area contributed by atoms with Gasteiger partial charge in [0.05, 0.1) is 6.61 Å². The number of aliphatic hydroxyl groups is 1. The van der Waals surface area contributed by atoms with Crippen molar-refractivity contribution in [2.45, 2.75) is 25.4 Å². The molecule has 3 aromatic carbocycles. The highest BCUT2D eigenvalue weighted by Gasteiger charge is 2.15. The first kappa shape index (κ1) is 20.2. The van der Waals surface area contributed by atoms with Crippen LogP contribution < -0.4 is 4.72 Å². The molecule has 0 heterocycles. The van der Waals surface area contributed by atoms with Gasteiger partial charge in [-0.3, -0.25) is 9.27 Å². The molecule has 3 N–H and O–H groups in total. The second kappa shape index (κ2) is 9.59. The lowest BCUT2D eigenvalue weighted by molar-refractivity contribution is 0.281. The summed E-state index contributed by atoms with van der Waals surface area (Å²) < 4.78 is 35.8.